The predicted molar refractivity (Wildman–Crippen MR) is 162 cm³/mol. The molecule has 0 bridgehead atoms. The zero-order valence-electron chi connectivity index (χ0n) is 26.8. The van der Waals surface area contributed by atoms with E-state index in [4.69, 9.17) is 24.1 Å². The number of carboxylic acid groups (broad SMARTS) is 1. The van der Waals surface area contributed by atoms with Crippen molar-refractivity contribution in [2.75, 3.05) is 31.6 Å². The van der Waals surface area contributed by atoms with Gasteiger partial charge in [-0.15, -0.1) is 0 Å². The molecule has 1 amide bonds. The minimum absolute atomic E-state index is 0.121. The number of carbonyl (C=O) groups excluding carboxylic acids is 4. The van der Waals surface area contributed by atoms with Crippen LogP contribution in [0.1, 0.15) is 88.5 Å². The number of hydrogen-bond donors (Lipinski definition) is 2. The molecule has 0 saturated carbocycles. The fourth-order valence-corrected chi connectivity index (χ4v) is 1.93. The van der Waals surface area contributed by atoms with Crippen LogP contribution in [0.25, 0.3) is 0 Å². The Bertz CT molecular complexity index is 737. The third kappa shape index (κ3) is 40.3. The SMILES string of the molecule is CC(C)(C)OC(=O)CCC(OC(=O)NCC(=O)OC(C)(C)C)C(=O)OC(C)(C)C.CCC(=O)O.CSC.CSC. The first-order valence-electron chi connectivity index (χ1n) is 12.6. The maximum Gasteiger partial charge on any atom is 0.408 e. The van der Waals surface area contributed by atoms with Crippen LogP contribution in [0.3, 0.4) is 0 Å². The summed E-state index contributed by atoms with van der Waals surface area (Å²) < 4.78 is 20.6. The third-order valence-corrected chi connectivity index (χ3v) is 3.05. The molecule has 0 aliphatic carbocycles. The molecule has 1 atom stereocenters. The molecule has 0 rings (SSSR count). The number of carboxylic acids is 1. The second-order valence-corrected chi connectivity index (χ2v) is 12.7. The van der Waals surface area contributed by atoms with E-state index in [0.717, 1.165) is 0 Å². The molecule has 40 heavy (non-hydrogen) atoms. The van der Waals surface area contributed by atoms with Crippen molar-refractivity contribution in [1.29, 1.82) is 0 Å². The normalized spacial score (nSPS) is 11.3. The van der Waals surface area contributed by atoms with Gasteiger partial charge in [-0.3, -0.25) is 14.4 Å². The van der Waals surface area contributed by atoms with Gasteiger partial charge in [-0.2, -0.15) is 23.5 Å². The molecule has 0 aromatic carbocycles. The van der Waals surface area contributed by atoms with E-state index >= 15 is 0 Å². The van der Waals surface area contributed by atoms with Crippen LogP contribution in [-0.4, -0.2) is 89.6 Å². The molecule has 0 aliphatic heterocycles. The summed E-state index contributed by atoms with van der Waals surface area (Å²) in [7, 11) is 0. The first kappa shape index (κ1) is 44.9. The van der Waals surface area contributed by atoms with Crippen molar-refractivity contribution in [3.8, 4) is 0 Å². The molecule has 2 N–H and O–H groups in total. The van der Waals surface area contributed by atoms with Crippen molar-refractivity contribution < 1.29 is 48.0 Å². The van der Waals surface area contributed by atoms with Crippen LogP contribution in [0.15, 0.2) is 0 Å². The highest BCUT2D eigenvalue weighted by molar-refractivity contribution is 7.98. The number of nitrogens with one attached hydrogen (secondary N) is 1. The minimum atomic E-state index is -1.33. The van der Waals surface area contributed by atoms with Crippen LogP contribution in [0, 0.1) is 0 Å². The second kappa shape index (κ2) is 23.5. The average molecular weight is 616 g/mol. The molecule has 0 aromatic heterocycles. The van der Waals surface area contributed by atoms with E-state index in [2.05, 4.69) is 5.32 Å². The maximum absolute atomic E-state index is 12.3. The molecule has 0 spiro atoms. The van der Waals surface area contributed by atoms with Crippen LogP contribution in [0.4, 0.5) is 4.79 Å². The molecular weight excluding hydrogens is 562 g/mol. The van der Waals surface area contributed by atoms with Gasteiger partial charge >= 0.3 is 30.0 Å². The summed E-state index contributed by atoms with van der Waals surface area (Å²) in [6.45, 7) is 16.4. The topological polar surface area (TPSA) is 155 Å². The fraction of sp³-hybridized carbons (Fsp3) is 0.815. The number of thioether (sulfide) groups is 2. The van der Waals surface area contributed by atoms with Crippen LogP contribution in [-0.2, 0) is 38.1 Å². The Morgan fingerprint density at radius 1 is 0.725 bits per heavy atom. The summed E-state index contributed by atoms with van der Waals surface area (Å²) in [5.74, 6) is -2.74. The monoisotopic (exact) mass is 615 g/mol. The van der Waals surface area contributed by atoms with Crippen molar-refractivity contribution in [3.63, 3.8) is 0 Å². The largest absolute Gasteiger partial charge is 0.481 e. The molecule has 0 heterocycles. The van der Waals surface area contributed by atoms with Crippen molar-refractivity contribution >= 4 is 53.5 Å². The summed E-state index contributed by atoms with van der Waals surface area (Å²) in [4.78, 5) is 57.3. The Hall–Kier alpha value is -2.15. The van der Waals surface area contributed by atoms with Gasteiger partial charge < -0.3 is 29.4 Å². The number of ether oxygens (including phenoxy) is 4. The number of aliphatic carboxylic acids is 1. The smallest absolute Gasteiger partial charge is 0.408 e. The van der Waals surface area contributed by atoms with Crippen LogP contribution >= 0.6 is 23.5 Å². The summed E-state index contributed by atoms with van der Waals surface area (Å²) in [6, 6.07) is 0. The molecule has 0 saturated heterocycles. The number of esters is 3. The molecule has 1 unspecified atom stereocenters. The van der Waals surface area contributed by atoms with Gasteiger partial charge in [-0.1, -0.05) is 6.92 Å². The molecule has 0 fully saturated rings. The minimum Gasteiger partial charge on any atom is -0.481 e. The lowest BCUT2D eigenvalue weighted by Crippen LogP contribution is -2.40. The molecule has 13 heteroatoms. The lowest BCUT2D eigenvalue weighted by molar-refractivity contribution is -0.166. The van der Waals surface area contributed by atoms with Gasteiger partial charge in [0, 0.05) is 19.3 Å². The summed E-state index contributed by atoms with van der Waals surface area (Å²) in [5, 5.41) is 9.94. The van der Waals surface area contributed by atoms with Gasteiger partial charge in [-0.05, 0) is 87.3 Å². The number of amides is 1. The highest BCUT2D eigenvalue weighted by atomic mass is 32.2. The zero-order valence-corrected chi connectivity index (χ0v) is 28.5. The Kier molecular flexibility index (Phi) is 26.4. The van der Waals surface area contributed by atoms with E-state index in [9.17, 15) is 24.0 Å². The molecule has 238 valence electrons. The van der Waals surface area contributed by atoms with E-state index in [-0.39, 0.29) is 19.3 Å². The van der Waals surface area contributed by atoms with Gasteiger partial charge in [-0.25, -0.2) is 9.59 Å². The van der Waals surface area contributed by atoms with Crippen molar-refractivity contribution in [1.82, 2.24) is 5.32 Å². The molecule has 0 aromatic rings. The highest BCUT2D eigenvalue weighted by Crippen LogP contribution is 2.15. The fourth-order valence-electron chi connectivity index (χ4n) is 1.93. The molecule has 11 nitrogen and oxygen atoms in total. The van der Waals surface area contributed by atoms with E-state index in [1.807, 2.05) is 25.0 Å². The Labute approximate surface area is 249 Å². The Morgan fingerprint density at radius 2 is 1.07 bits per heavy atom. The first-order valence-corrected chi connectivity index (χ1v) is 15.9. The number of rotatable bonds is 8. The number of hydrogen-bond acceptors (Lipinski definition) is 11. The zero-order chi connectivity index (χ0) is 32.7. The van der Waals surface area contributed by atoms with E-state index in [0.29, 0.717) is 0 Å². The van der Waals surface area contributed by atoms with Gasteiger partial charge in [0.15, 0.2) is 0 Å². The Morgan fingerprint density at radius 3 is 1.40 bits per heavy atom. The molecule has 0 aliphatic rings. The maximum atomic E-state index is 12.3. The molecular formula is C27H53NO10S2. The van der Waals surface area contributed by atoms with Gasteiger partial charge in [0.2, 0.25) is 6.10 Å². The van der Waals surface area contributed by atoms with Crippen molar-refractivity contribution in [2.45, 2.75) is 111 Å². The van der Waals surface area contributed by atoms with Gasteiger partial charge in [0.05, 0.1) is 0 Å². The van der Waals surface area contributed by atoms with Gasteiger partial charge in [0.25, 0.3) is 0 Å². The van der Waals surface area contributed by atoms with Crippen LogP contribution in [0.5, 0.6) is 0 Å². The Balaban J connectivity index is -0.000000498. The first-order chi connectivity index (χ1) is 18.0. The van der Waals surface area contributed by atoms with E-state index in [1.54, 1.807) is 92.8 Å². The highest BCUT2D eigenvalue weighted by Gasteiger charge is 2.30. The van der Waals surface area contributed by atoms with E-state index < -0.39 is 59.4 Å². The summed E-state index contributed by atoms with van der Waals surface area (Å²) in [6.07, 6.45) is 5.78. The van der Waals surface area contributed by atoms with Crippen molar-refractivity contribution in [3.05, 3.63) is 0 Å². The quantitative estimate of drug-likeness (QED) is 0.268. The lowest BCUT2D eigenvalue weighted by Gasteiger charge is -2.24. The van der Waals surface area contributed by atoms with Crippen LogP contribution in [0.2, 0.25) is 0 Å². The van der Waals surface area contributed by atoms with Crippen molar-refractivity contribution in [2.24, 2.45) is 0 Å². The second-order valence-electron chi connectivity index (χ2n) is 11.1. The summed E-state index contributed by atoms with van der Waals surface area (Å²) in [5.41, 5.74) is -2.18. The predicted octanol–water partition coefficient (Wildman–Crippen LogP) is 5.33. The molecule has 0 radical (unpaired) electrons. The third-order valence-electron chi connectivity index (χ3n) is 3.05. The number of carbonyl (C=O) groups is 5. The van der Waals surface area contributed by atoms with E-state index in [1.165, 1.54) is 0 Å². The average Bonchev–Trinajstić information content (AvgIpc) is 2.73. The van der Waals surface area contributed by atoms with Gasteiger partial charge in [0.1, 0.15) is 23.3 Å². The lowest BCUT2D eigenvalue weighted by atomic mass is 10.1. The number of alkyl carbamates (subject to hydrolysis) is 1. The standard InChI is InChI=1S/C20H35NO8.C3H6O2.2C2H6S/c1-18(2,3)27-14(22)11-10-13(16(24)29-20(7,8)9)26-17(25)21-12-15(23)28-19(4,5)6;1-2-3(4)5;2*1-3-2/h13H,10-12H2,1-9H3,(H,21,25);2H2,1H3,(H,4,5);2*1-2H3. The van der Waals surface area contributed by atoms with Crippen LogP contribution < -0.4 is 5.32 Å². The summed E-state index contributed by atoms with van der Waals surface area (Å²) >= 11 is 3.50.